The largest absolute Gasteiger partial charge is 0.389 e. The van der Waals surface area contributed by atoms with Crippen LogP contribution < -0.4 is 0 Å². The molecular weight excluding hydrogens is 160 g/mol. The van der Waals surface area contributed by atoms with E-state index in [0.29, 0.717) is 5.02 Å². The Kier molecular flexibility index (Phi) is 2.53. The van der Waals surface area contributed by atoms with Crippen LogP contribution in [0.1, 0.15) is 24.2 Å². The smallest absolute Gasteiger partial charge is 0.0765 e. The molecule has 0 aliphatic heterocycles. The summed E-state index contributed by atoms with van der Waals surface area (Å²) in [4.78, 5) is 0. The van der Waals surface area contributed by atoms with E-state index in [1.165, 1.54) is 0 Å². The van der Waals surface area contributed by atoms with Gasteiger partial charge in [0.1, 0.15) is 0 Å². The predicted octanol–water partition coefficient (Wildman–Crippen LogP) is 2.70. The van der Waals surface area contributed by atoms with Gasteiger partial charge >= 0.3 is 0 Å². The molecular formula is C9H11ClO. The number of hydrogen-bond donors (Lipinski definition) is 1. The molecule has 0 fully saturated rings. The lowest BCUT2D eigenvalue weighted by Crippen LogP contribution is -1.93. The third-order valence-corrected chi connectivity index (χ3v) is 1.93. The van der Waals surface area contributed by atoms with Crippen LogP contribution in [-0.4, -0.2) is 5.11 Å². The quantitative estimate of drug-likeness (QED) is 0.687. The standard InChI is InChI=1S/C9H11ClO/c1-6-3-4-8(10)5-9(6)7(2)11/h3-5,7,11H,1-2H3. The molecule has 60 valence electrons. The molecule has 0 saturated carbocycles. The summed E-state index contributed by atoms with van der Waals surface area (Å²) >= 11 is 5.75. The van der Waals surface area contributed by atoms with E-state index in [0.717, 1.165) is 11.1 Å². The Hall–Kier alpha value is -0.530. The molecule has 11 heavy (non-hydrogen) atoms. The zero-order chi connectivity index (χ0) is 8.43. The van der Waals surface area contributed by atoms with Crippen LogP contribution in [0.25, 0.3) is 0 Å². The first-order valence-electron chi connectivity index (χ1n) is 3.55. The number of aryl methyl sites for hydroxylation is 1. The molecule has 1 rings (SSSR count). The van der Waals surface area contributed by atoms with Crippen LogP contribution in [0.15, 0.2) is 18.2 Å². The second kappa shape index (κ2) is 3.24. The highest BCUT2D eigenvalue weighted by Gasteiger charge is 2.04. The molecule has 1 aromatic carbocycles. The van der Waals surface area contributed by atoms with Crippen LogP contribution in [0, 0.1) is 6.92 Å². The highest BCUT2D eigenvalue weighted by Crippen LogP contribution is 2.20. The van der Waals surface area contributed by atoms with Crippen molar-refractivity contribution in [1.82, 2.24) is 0 Å². The molecule has 0 spiro atoms. The second-order valence-electron chi connectivity index (χ2n) is 2.68. The van der Waals surface area contributed by atoms with Gasteiger partial charge in [-0.2, -0.15) is 0 Å². The predicted molar refractivity (Wildman–Crippen MR) is 46.8 cm³/mol. The van der Waals surface area contributed by atoms with E-state index in [1.807, 2.05) is 19.1 Å². The average molecular weight is 171 g/mol. The summed E-state index contributed by atoms with van der Waals surface area (Å²) in [6.45, 7) is 3.69. The van der Waals surface area contributed by atoms with Gasteiger partial charge in [-0.3, -0.25) is 0 Å². The zero-order valence-corrected chi connectivity index (χ0v) is 7.39. The van der Waals surface area contributed by atoms with Gasteiger partial charge < -0.3 is 5.11 Å². The maximum Gasteiger partial charge on any atom is 0.0765 e. The minimum absolute atomic E-state index is 0.436. The first kappa shape index (κ1) is 8.57. The van der Waals surface area contributed by atoms with Crippen molar-refractivity contribution in [3.8, 4) is 0 Å². The van der Waals surface area contributed by atoms with Crippen LogP contribution in [0.3, 0.4) is 0 Å². The van der Waals surface area contributed by atoms with Crippen LogP contribution in [-0.2, 0) is 0 Å². The molecule has 0 aliphatic rings. The lowest BCUT2D eigenvalue weighted by atomic mass is 10.1. The van der Waals surface area contributed by atoms with Crippen LogP contribution in [0.4, 0.5) is 0 Å². The molecule has 0 aliphatic carbocycles. The fourth-order valence-electron chi connectivity index (χ4n) is 1.06. The Balaban J connectivity index is 3.13. The summed E-state index contributed by atoms with van der Waals surface area (Å²) in [7, 11) is 0. The zero-order valence-electron chi connectivity index (χ0n) is 6.63. The van der Waals surface area contributed by atoms with Gasteiger partial charge in [-0.05, 0) is 37.1 Å². The summed E-state index contributed by atoms with van der Waals surface area (Å²) in [6, 6.07) is 5.52. The number of halogens is 1. The van der Waals surface area contributed by atoms with Crippen molar-refractivity contribution in [1.29, 1.82) is 0 Å². The fourth-order valence-corrected chi connectivity index (χ4v) is 1.24. The molecule has 1 atom stereocenters. The van der Waals surface area contributed by atoms with E-state index in [-0.39, 0.29) is 0 Å². The van der Waals surface area contributed by atoms with Gasteiger partial charge in [-0.1, -0.05) is 17.7 Å². The molecule has 1 aromatic rings. The van der Waals surface area contributed by atoms with Crippen LogP contribution >= 0.6 is 11.6 Å². The van der Waals surface area contributed by atoms with E-state index in [2.05, 4.69) is 0 Å². The lowest BCUT2D eigenvalue weighted by Gasteiger charge is -2.08. The van der Waals surface area contributed by atoms with Crippen molar-refractivity contribution in [3.63, 3.8) is 0 Å². The summed E-state index contributed by atoms with van der Waals surface area (Å²) in [5.41, 5.74) is 1.97. The maximum absolute atomic E-state index is 9.27. The molecule has 0 saturated heterocycles. The van der Waals surface area contributed by atoms with Gasteiger partial charge in [-0.15, -0.1) is 0 Å². The van der Waals surface area contributed by atoms with Gasteiger partial charge in [0, 0.05) is 5.02 Å². The van der Waals surface area contributed by atoms with Gasteiger partial charge in [0.15, 0.2) is 0 Å². The average Bonchev–Trinajstić information content (AvgIpc) is 1.94. The Morgan fingerprint density at radius 2 is 2.09 bits per heavy atom. The number of benzene rings is 1. The first-order chi connectivity index (χ1) is 5.11. The number of aliphatic hydroxyl groups excluding tert-OH is 1. The number of aliphatic hydroxyl groups is 1. The second-order valence-corrected chi connectivity index (χ2v) is 3.11. The Morgan fingerprint density at radius 3 is 2.55 bits per heavy atom. The van der Waals surface area contributed by atoms with Crippen molar-refractivity contribution >= 4 is 11.6 Å². The molecule has 0 amide bonds. The molecule has 2 heteroatoms. The molecule has 0 heterocycles. The van der Waals surface area contributed by atoms with Crippen molar-refractivity contribution < 1.29 is 5.11 Å². The van der Waals surface area contributed by atoms with E-state index in [9.17, 15) is 5.11 Å². The number of rotatable bonds is 1. The maximum atomic E-state index is 9.27. The Bertz CT molecular complexity index is 256. The molecule has 0 bridgehead atoms. The minimum Gasteiger partial charge on any atom is -0.389 e. The van der Waals surface area contributed by atoms with Gasteiger partial charge in [0.25, 0.3) is 0 Å². The molecule has 0 aromatic heterocycles. The fraction of sp³-hybridized carbons (Fsp3) is 0.333. The minimum atomic E-state index is -0.436. The highest BCUT2D eigenvalue weighted by molar-refractivity contribution is 6.30. The van der Waals surface area contributed by atoms with E-state index < -0.39 is 6.10 Å². The normalized spacial score (nSPS) is 13.1. The first-order valence-corrected chi connectivity index (χ1v) is 3.93. The van der Waals surface area contributed by atoms with Crippen molar-refractivity contribution in [2.45, 2.75) is 20.0 Å². The monoisotopic (exact) mass is 170 g/mol. The third-order valence-electron chi connectivity index (χ3n) is 1.69. The van der Waals surface area contributed by atoms with Crippen molar-refractivity contribution in [3.05, 3.63) is 34.3 Å². The van der Waals surface area contributed by atoms with E-state index in [4.69, 9.17) is 11.6 Å². The molecule has 0 radical (unpaired) electrons. The SMILES string of the molecule is Cc1ccc(Cl)cc1C(C)O. The Morgan fingerprint density at radius 1 is 1.45 bits per heavy atom. The Labute approximate surface area is 71.6 Å². The molecule has 1 unspecified atom stereocenters. The molecule has 1 nitrogen and oxygen atoms in total. The van der Waals surface area contributed by atoms with E-state index in [1.54, 1.807) is 13.0 Å². The third kappa shape index (κ3) is 1.95. The lowest BCUT2D eigenvalue weighted by molar-refractivity contribution is 0.198. The highest BCUT2D eigenvalue weighted by atomic mass is 35.5. The topological polar surface area (TPSA) is 20.2 Å². The van der Waals surface area contributed by atoms with E-state index >= 15 is 0 Å². The van der Waals surface area contributed by atoms with Gasteiger partial charge in [0.05, 0.1) is 6.10 Å². The summed E-state index contributed by atoms with van der Waals surface area (Å²) < 4.78 is 0. The van der Waals surface area contributed by atoms with Crippen LogP contribution in [0.5, 0.6) is 0 Å². The van der Waals surface area contributed by atoms with Crippen molar-refractivity contribution in [2.24, 2.45) is 0 Å². The summed E-state index contributed by atoms with van der Waals surface area (Å²) in [6.07, 6.45) is -0.436. The number of hydrogen-bond acceptors (Lipinski definition) is 1. The summed E-state index contributed by atoms with van der Waals surface area (Å²) in [5, 5.41) is 9.94. The van der Waals surface area contributed by atoms with Crippen LogP contribution in [0.2, 0.25) is 5.02 Å². The summed E-state index contributed by atoms with van der Waals surface area (Å²) in [5.74, 6) is 0. The molecule has 1 N–H and O–H groups in total. The van der Waals surface area contributed by atoms with Gasteiger partial charge in [-0.25, -0.2) is 0 Å². The van der Waals surface area contributed by atoms with Crippen molar-refractivity contribution in [2.75, 3.05) is 0 Å². The van der Waals surface area contributed by atoms with Gasteiger partial charge in [0.2, 0.25) is 0 Å².